The maximum absolute atomic E-state index is 11.2. The van der Waals surface area contributed by atoms with Crippen molar-refractivity contribution in [1.82, 2.24) is 10.3 Å². The number of hydrazone groups is 1. The highest BCUT2D eigenvalue weighted by atomic mass is 79.9. The van der Waals surface area contributed by atoms with Crippen LogP contribution in [0.3, 0.4) is 0 Å². The molecular weight excluding hydrogens is 370 g/mol. The molecule has 18 heavy (non-hydrogen) atoms. The molecule has 1 heterocycles. The number of phenols is 1. The first kappa shape index (κ1) is 13.0. The van der Waals surface area contributed by atoms with E-state index in [9.17, 15) is 14.7 Å². The molecule has 2 N–H and O–H groups in total. The minimum Gasteiger partial charge on any atom is -0.506 e. The number of amides is 3. The van der Waals surface area contributed by atoms with Crippen LogP contribution >= 0.6 is 31.9 Å². The molecule has 0 unspecified atom stereocenters. The summed E-state index contributed by atoms with van der Waals surface area (Å²) in [5.74, 6) is -0.398. The van der Waals surface area contributed by atoms with E-state index in [0.717, 1.165) is 9.48 Å². The maximum Gasteiger partial charge on any atom is 0.344 e. The summed E-state index contributed by atoms with van der Waals surface area (Å²) in [6.45, 7) is -0.120. The highest BCUT2D eigenvalue weighted by molar-refractivity contribution is 9.11. The summed E-state index contributed by atoms with van der Waals surface area (Å²) in [7, 11) is 0. The number of carbonyl (C=O) groups excluding carboxylic acids is 2. The van der Waals surface area contributed by atoms with Crippen LogP contribution in [0, 0.1) is 0 Å². The molecule has 1 aromatic carbocycles. The van der Waals surface area contributed by atoms with Crippen molar-refractivity contribution in [2.24, 2.45) is 5.10 Å². The van der Waals surface area contributed by atoms with Crippen molar-refractivity contribution in [2.75, 3.05) is 6.54 Å². The third-order valence-corrected chi connectivity index (χ3v) is 3.23. The zero-order valence-corrected chi connectivity index (χ0v) is 12.0. The van der Waals surface area contributed by atoms with Gasteiger partial charge < -0.3 is 5.11 Å². The van der Waals surface area contributed by atoms with Crippen molar-refractivity contribution in [3.8, 4) is 5.75 Å². The van der Waals surface area contributed by atoms with Gasteiger partial charge in [-0.15, -0.1) is 0 Å². The molecule has 0 aliphatic carbocycles. The van der Waals surface area contributed by atoms with Gasteiger partial charge in [-0.2, -0.15) is 5.10 Å². The molecule has 0 radical (unpaired) electrons. The first-order valence-electron chi connectivity index (χ1n) is 4.80. The number of phenolic OH excluding ortho intramolecular Hbond substituents is 1. The molecule has 0 saturated carbocycles. The Labute approximate surface area is 119 Å². The number of rotatable bonds is 2. The van der Waals surface area contributed by atoms with Crippen LogP contribution in [-0.4, -0.2) is 34.8 Å². The van der Waals surface area contributed by atoms with Gasteiger partial charge in [-0.25, -0.2) is 9.80 Å². The summed E-state index contributed by atoms with van der Waals surface area (Å²) in [6, 6.07) is 2.74. The van der Waals surface area contributed by atoms with Crippen molar-refractivity contribution >= 4 is 50.0 Å². The van der Waals surface area contributed by atoms with Crippen molar-refractivity contribution < 1.29 is 14.7 Å². The van der Waals surface area contributed by atoms with Gasteiger partial charge in [0.15, 0.2) is 0 Å². The minimum absolute atomic E-state index is 0.00730. The number of hydrogen-bond acceptors (Lipinski definition) is 4. The fourth-order valence-electron chi connectivity index (χ4n) is 1.34. The predicted octanol–water partition coefficient (Wildman–Crippen LogP) is 1.80. The zero-order chi connectivity index (χ0) is 13.3. The lowest BCUT2D eigenvalue weighted by Gasteiger charge is -2.06. The fraction of sp³-hybridized carbons (Fsp3) is 0.100. The topological polar surface area (TPSA) is 82.0 Å². The molecule has 1 saturated heterocycles. The molecule has 1 fully saturated rings. The molecule has 1 aliphatic rings. The van der Waals surface area contributed by atoms with Crippen molar-refractivity contribution in [2.45, 2.75) is 0 Å². The summed E-state index contributed by atoms with van der Waals surface area (Å²) < 4.78 is 1.25. The van der Waals surface area contributed by atoms with Gasteiger partial charge in [0.2, 0.25) is 5.91 Å². The lowest BCUT2D eigenvalue weighted by Crippen LogP contribution is -2.24. The quantitative estimate of drug-likeness (QED) is 0.610. The number of halogens is 2. The van der Waals surface area contributed by atoms with Gasteiger partial charge in [-0.05, 0) is 28.1 Å². The minimum atomic E-state index is -0.579. The van der Waals surface area contributed by atoms with Crippen molar-refractivity contribution in [1.29, 1.82) is 0 Å². The Hall–Kier alpha value is -1.41. The van der Waals surface area contributed by atoms with Crippen LogP contribution in [0.15, 0.2) is 26.2 Å². The van der Waals surface area contributed by atoms with E-state index in [1.807, 2.05) is 0 Å². The van der Waals surface area contributed by atoms with Gasteiger partial charge >= 0.3 is 6.03 Å². The molecule has 1 aliphatic heterocycles. The van der Waals surface area contributed by atoms with Crippen LogP contribution in [-0.2, 0) is 4.79 Å². The second-order valence-electron chi connectivity index (χ2n) is 3.48. The number of nitrogens with zero attached hydrogens (tertiary/aromatic N) is 2. The van der Waals surface area contributed by atoms with Gasteiger partial charge in [0.1, 0.15) is 12.3 Å². The molecule has 1 aromatic rings. The summed E-state index contributed by atoms with van der Waals surface area (Å²) in [5, 5.41) is 16.7. The first-order valence-corrected chi connectivity index (χ1v) is 6.39. The number of benzene rings is 1. The van der Waals surface area contributed by atoms with Gasteiger partial charge in [-0.3, -0.25) is 10.1 Å². The average Bonchev–Trinajstić information content (AvgIpc) is 2.60. The molecule has 2 rings (SSSR count). The van der Waals surface area contributed by atoms with E-state index in [1.54, 1.807) is 12.1 Å². The molecule has 0 aromatic heterocycles. The van der Waals surface area contributed by atoms with E-state index in [-0.39, 0.29) is 12.3 Å². The molecule has 94 valence electrons. The van der Waals surface area contributed by atoms with Gasteiger partial charge in [0.05, 0.1) is 10.7 Å². The molecule has 0 atom stereocenters. The molecule has 3 amide bonds. The van der Waals surface area contributed by atoms with E-state index in [1.165, 1.54) is 6.21 Å². The highest BCUT2D eigenvalue weighted by Crippen LogP contribution is 2.30. The Morgan fingerprint density at radius 2 is 2.11 bits per heavy atom. The summed E-state index contributed by atoms with van der Waals surface area (Å²) in [5.41, 5.74) is 0.420. The number of nitrogens with one attached hydrogen (secondary N) is 1. The van der Waals surface area contributed by atoms with Crippen LogP contribution in [0.1, 0.15) is 5.56 Å². The van der Waals surface area contributed by atoms with E-state index in [2.05, 4.69) is 42.3 Å². The first-order chi connectivity index (χ1) is 8.47. The predicted molar refractivity (Wildman–Crippen MR) is 71.3 cm³/mol. The molecular formula is C10H7Br2N3O3. The molecule has 8 heteroatoms. The van der Waals surface area contributed by atoms with Crippen LogP contribution in [0.25, 0.3) is 0 Å². The Balaban J connectivity index is 2.24. The second kappa shape index (κ2) is 5.07. The second-order valence-corrected chi connectivity index (χ2v) is 5.25. The van der Waals surface area contributed by atoms with Crippen LogP contribution < -0.4 is 5.32 Å². The number of urea groups is 1. The van der Waals surface area contributed by atoms with Crippen LogP contribution in [0.4, 0.5) is 4.79 Å². The van der Waals surface area contributed by atoms with E-state index in [4.69, 9.17) is 0 Å². The molecule has 0 spiro atoms. The number of hydrogen-bond donors (Lipinski definition) is 2. The number of imide groups is 1. The third-order valence-electron chi connectivity index (χ3n) is 2.17. The zero-order valence-electron chi connectivity index (χ0n) is 8.85. The van der Waals surface area contributed by atoms with Gasteiger partial charge in [0.25, 0.3) is 0 Å². The third kappa shape index (κ3) is 2.70. The largest absolute Gasteiger partial charge is 0.506 e. The normalized spacial score (nSPS) is 15.6. The lowest BCUT2D eigenvalue weighted by atomic mass is 10.2. The van der Waals surface area contributed by atoms with Crippen molar-refractivity contribution in [3.05, 3.63) is 26.6 Å². The van der Waals surface area contributed by atoms with Crippen LogP contribution in [0.2, 0.25) is 0 Å². The average molecular weight is 377 g/mol. The molecule has 6 nitrogen and oxygen atoms in total. The van der Waals surface area contributed by atoms with E-state index in [0.29, 0.717) is 10.0 Å². The summed E-state index contributed by atoms with van der Waals surface area (Å²) in [4.78, 5) is 22.2. The maximum atomic E-state index is 11.2. The summed E-state index contributed by atoms with van der Waals surface area (Å²) in [6.07, 6.45) is 1.31. The highest BCUT2D eigenvalue weighted by Gasteiger charge is 2.26. The summed E-state index contributed by atoms with van der Waals surface area (Å²) >= 11 is 6.46. The number of aromatic hydroxyl groups is 1. The monoisotopic (exact) mass is 375 g/mol. The smallest absolute Gasteiger partial charge is 0.344 e. The Morgan fingerprint density at radius 1 is 1.39 bits per heavy atom. The Kier molecular flexibility index (Phi) is 3.67. The number of carbonyl (C=O) groups is 2. The SMILES string of the molecule is O=C1CN(N=Cc2cc(Br)cc(Br)c2O)C(=O)N1. The van der Waals surface area contributed by atoms with Gasteiger partial charge in [0, 0.05) is 10.0 Å². The molecule has 0 bridgehead atoms. The Morgan fingerprint density at radius 3 is 2.72 bits per heavy atom. The van der Waals surface area contributed by atoms with E-state index >= 15 is 0 Å². The van der Waals surface area contributed by atoms with Crippen LogP contribution in [0.5, 0.6) is 5.75 Å². The Bertz CT molecular complexity index is 560. The fourth-order valence-corrected chi connectivity index (χ4v) is 2.60. The lowest BCUT2D eigenvalue weighted by molar-refractivity contribution is -0.118. The van der Waals surface area contributed by atoms with E-state index < -0.39 is 11.9 Å². The van der Waals surface area contributed by atoms with Crippen molar-refractivity contribution in [3.63, 3.8) is 0 Å². The van der Waals surface area contributed by atoms with Gasteiger partial charge in [-0.1, -0.05) is 15.9 Å². The standard InChI is InChI=1S/C10H7Br2N3O3/c11-6-1-5(9(17)7(12)2-6)3-13-15-4-8(16)14-10(15)18/h1-3,17H,4H2,(H,14,16,18).